The third kappa shape index (κ3) is 3.70. The highest BCUT2D eigenvalue weighted by atomic mass is 35.5. The van der Waals surface area contributed by atoms with Crippen LogP contribution in [0.25, 0.3) is 0 Å². The highest BCUT2D eigenvalue weighted by Gasteiger charge is 2.23. The lowest BCUT2D eigenvalue weighted by Gasteiger charge is -2.11. The quantitative estimate of drug-likeness (QED) is 0.764. The number of ketones is 1. The molecule has 0 spiro atoms. The van der Waals surface area contributed by atoms with Crippen molar-refractivity contribution >= 4 is 39.8 Å². The summed E-state index contributed by atoms with van der Waals surface area (Å²) in [7, 11) is -1.63. The van der Waals surface area contributed by atoms with Gasteiger partial charge < -0.3 is 0 Å². The van der Waals surface area contributed by atoms with E-state index in [2.05, 4.69) is 0 Å². The molecule has 0 saturated carbocycles. The molecule has 21 heavy (non-hydrogen) atoms. The number of Topliss-reactive ketones (excluding diaryl/α,β-unsaturated/α-hetero) is 1. The number of benzene rings is 2. The van der Waals surface area contributed by atoms with Crippen LogP contribution in [0.4, 0.5) is 4.39 Å². The summed E-state index contributed by atoms with van der Waals surface area (Å²) in [5.41, 5.74) is 0.386. The zero-order valence-electron chi connectivity index (χ0n) is 11.0. The van der Waals surface area contributed by atoms with E-state index >= 15 is 0 Å². The third-order valence-corrected chi connectivity index (χ3v) is 5.02. The molecule has 0 heterocycles. The fourth-order valence-electron chi connectivity index (χ4n) is 1.78. The second-order valence-corrected chi connectivity index (χ2v) is 7.01. The van der Waals surface area contributed by atoms with E-state index in [0.29, 0.717) is 15.5 Å². The standard InChI is InChI=1S/C15H11Cl2FO2S/c1-9(15(19)10-3-2-4-11(16)7-10)21(20)12-5-6-14(18)13(17)8-12/h2-9H,1H3. The molecule has 110 valence electrons. The van der Waals surface area contributed by atoms with Gasteiger partial charge in [-0.3, -0.25) is 9.00 Å². The summed E-state index contributed by atoms with van der Waals surface area (Å²) < 4.78 is 25.5. The van der Waals surface area contributed by atoms with E-state index in [0.717, 1.165) is 6.07 Å². The van der Waals surface area contributed by atoms with Crippen LogP contribution in [0.1, 0.15) is 17.3 Å². The number of carbonyl (C=O) groups is 1. The van der Waals surface area contributed by atoms with Crippen LogP contribution < -0.4 is 0 Å². The van der Waals surface area contributed by atoms with E-state index in [1.54, 1.807) is 25.1 Å². The van der Waals surface area contributed by atoms with Crippen LogP contribution >= 0.6 is 23.2 Å². The average molecular weight is 345 g/mol. The molecule has 2 nitrogen and oxygen atoms in total. The molecule has 0 saturated heterocycles. The SMILES string of the molecule is CC(C(=O)c1cccc(Cl)c1)S(=O)c1ccc(F)c(Cl)c1. The molecular formula is C15H11Cl2FO2S. The van der Waals surface area contributed by atoms with Gasteiger partial charge in [0.2, 0.25) is 0 Å². The first kappa shape index (κ1) is 16.1. The summed E-state index contributed by atoms with van der Waals surface area (Å²) >= 11 is 11.5. The lowest BCUT2D eigenvalue weighted by atomic mass is 10.1. The van der Waals surface area contributed by atoms with E-state index < -0.39 is 21.9 Å². The number of halogens is 3. The molecule has 0 amide bonds. The second kappa shape index (κ2) is 6.69. The van der Waals surface area contributed by atoms with Gasteiger partial charge in [0.1, 0.15) is 5.82 Å². The molecule has 0 aliphatic rings. The van der Waals surface area contributed by atoms with Crippen molar-refractivity contribution in [3.63, 3.8) is 0 Å². The van der Waals surface area contributed by atoms with Gasteiger partial charge in [-0.1, -0.05) is 35.3 Å². The molecule has 0 bridgehead atoms. The van der Waals surface area contributed by atoms with Crippen LogP contribution in [0.15, 0.2) is 47.4 Å². The van der Waals surface area contributed by atoms with Crippen molar-refractivity contribution in [2.75, 3.05) is 0 Å². The van der Waals surface area contributed by atoms with Crippen molar-refractivity contribution in [2.45, 2.75) is 17.1 Å². The minimum absolute atomic E-state index is 0.122. The Hall–Kier alpha value is -1.23. The molecule has 2 atom stereocenters. The van der Waals surface area contributed by atoms with E-state index in [1.165, 1.54) is 18.2 Å². The van der Waals surface area contributed by atoms with Gasteiger partial charge in [-0.15, -0.1) is 0 Å². The van der Waals surface area contributed by atoms with E-state index in [4.69, 9.17) is 23.2 Å². The van der Waals surface area contributed by atoms with Gasteiger partial charge in [0.25, 0.3) is 0 Å². The molecule has 0 aromatic heterocycles. The predicted molar refractivity (Wildman–Crippen MR) is 83.1 cm³/mol. The number of hydrogen-bond donors (Lipinski definition) is 0. The Balaban J connectivity index is 2.26. The molecule has 2 aromatic carbocycles. The van der Waals surface area contributed by atoms with Crippen LogP contribution in [-0.4, -0.2) is 15.2 Å². The molecule has 0 radical (unpaired) electrons. The van der Waals surface area contributed by atoms with Crippen molar-refractivity contribution < 1.29 is 13.4 Å². The first-order valence-corrected chi connectivity index (χ1v) is 8.02. The minimum Gasteiger partial charge on any atom is -0.293 e. The first-order chi connectivity index (χ1) is 9.90. The summed E-state index contributed by atoms with van der Waals surface area (Å²) in [5.74, 6) is -0.887. The van der Waals surface area contributed by atoms with E-state index in [-0.39, 0.29) is 10.8 Å². The monoisotopic (exact) mass is 344 g/mol. The van der Waals surface area contributed by atoms with Gasteiger partial charge in [0.15, 0.2) is 5.78 Å². The lowest BCUT2D eigenvalue weighted by molar-refractivity contribution is 0.0992. The Labute approximate surface area is 134 Å². The molecule has 2 aromatic rings. The Morgan fingerprint density at radius 1 is 1.19 bits per heavy atom. The Morgan fingerprint density at radius 3 is 2.52 bits per heavy atom. The topological polar surface area (TPSA) is 34.1 Å². The molecule has 2 rings (SSSR count). The predicted octanol–water partition coefficient (Wildman–Crippen LogP) is 4.51. The maximum absolute atomic E-state index is 13.1. The number of hydrogen-bond acceptors (Lipinski definition) is 2. The number of rotatable bonds is 4. The second-order valence-electron chi connectivity index (χ2n) is 4.39. The Kier molecular flexibility index (Phi) is 5.14. The Morgan fingerprint density at radius 2 is 1.90 bits per heavy atom. The van der Waals surface area contributed by atoms with E-state index in [9.17, 15) is 13.4 Å². The van der Waals surface area contributed by atoms with Gasteiger partial charge in [-0.05, 0) is 37.3 Å². The molecule has 0 N–H and O–H groups in total. The highest BCUT2D eigenvalue weighted by molar-refractivity contribution is 7.86. The zero-order chi connectivity index (χ0) is 15.6. The van der Waals surface area contributed by atoms with Gasteiger partial charge >= 0.3 is 0 Å². The molecular weight excluding hydrogens is 334 g/mol. The summed E-state index contributed by atoms with van der Waals surface area (Å²) in [5, 5.41) is -0.475. The molecule has 6 heteroatoms. The summed E-state index contributed by atoms with van der Waals surface area (Å²) in [6.07, 6.45) is 0. The van der Waals surface area contributed by atoms with Crippen molar-refractivity contribution in [3.8, 4) is 0 Å². The lowest BCUT2D eigenvalue weighted by Crippen LogP contribution is -2.22. The average Bonchev–Trinajstić information content (AvgIpc) is 2.47. The van der Waals surface area contributed by atoms with Gasteiger partial charge in [0.05, 0.1) is 21.1 Å². The third-order valence-electron chi connectivity index (χ3n) is 2.92. The molecule has 2 unspecified atom stereocenters. The van der Waals surface area contributed by atoms with Crippen LogP contribution in [-0.2, 0) is 10.8 Å². The molecule has 0 aliphatic heterocycles. The van der Waals surface area contributed by atoms with Crippen molar-refractivity contribution in [2.24, 2.45) is 0 Å². The van der Waals surface area contributed by atoms with Crippen molar-refractivity contribution in [1.29, 1.82) is 0 Å². The van der Waals surface area contributed by atoms with Crippen LogP contribution in [0.3, 0.4) is 0 Å². The highest BCUT2D eigenvalue weighted by Crippen LogP contribution is 2.22. The fraction of sp³-hybridized carbons (Fsp3) is 0.133. The van der Waals surface area contributed by atoms with Crippen molar-refractivity contribution in [1.82, 2.24) is 0 Å². The molecule has 0 aliphatic carbocycles. The number of carbonyl (C=O) groups excluding carboxylic acids is 1. The van der Waals surface area contributed by atoms with Crippen molar-refractivity contribution in [3.05, 3.63) is 63.9 Å². The van der Waals surface area contributed by atoms with Gasteiger partial charge in [-0.25, -0.2) is 4.39 Å². The van der Waals surface area contributed by atoms with Gasteiger partial charge in [0, 0.05) is 15.5 Å². The van der Waals surface area contributed by atoms with Gasteiger partial charge in [-0.2, -0.15) is 0 Å². The minimum atomic E-state index is -1.63. The summed E-state index contributed by atoms with van der Waals surface area (Å²) in [6, 6.07) is 10.2. The van der Waals surface area contributed by atoms with E-state index in [1.807, 2.05) is 0 Å². The maximum atomic E-state index is 13.1. The smallest absolute Gasteiger partial charge is 0.178 e. The largest absolute Gasteiger partial charge is 0.293 e. The summed E-state index contributed by atoms with van der Waals surface area (Å²) in [4.78, 5) is 12.6. The summed E-state index contributed by atoms with van der Waals surface area (Å²) in [6.45, 7) is 1.55. The maximum Gasteiger partial charge on any atom is 0.178 e. The molecule has 0 fully saturated rings. The fourth-order valence-corrected chi connectivity index (χ4v) is 3.39. The van der Waals surface area contributed by atoms with Crippen LogP contribution in [0.2, 0.25) is 10.0 Å². The Bertz CT molecular complexity index is 719. The van der Waals surface area contributed by atoms with Crippen LogP contribution in [0.5, 0.6) is 0 Å². The zero-order valence-corrected chi connectivity index (χ0v) is 13.3. The first-order valence-electron chi connectivity index (χ1n) is 6.05. The normalized spacial score (nSPS) is 13.7. The van der Waals surface area contributed by atoms with Crippen LogP contribution in [0, 0.1) is 5.82 Å².